The lowest BCUT2D eigenvalue weighted by Gasteiger charge is -2.20. The average Bonchev–Trinajstić information content (AvgIpc) is 3.17. The van der Waals surface area contributed by atoms with Crippen molar-refractivity contribution >= 4 is 28.2 Å². The van der Waals surface area contributed by atoms with Crippen LogP contribution in [0.15, 0.2) is 60.2 Å². The molecule has 0 fully saturated rings. The minimum Gasteiger partial charge on any atom is -0.490 e. The van der Waals surface area contributed by atoms with E-state index in [0.717, 1.165) is 0 Å². The standard InChI is InChI=1S/C18H17N3O3S/c1-23-11-12-24-15-7-3-2-6-14(15)17(22)21(18-20-10-13-25-18)16-8-4-5-9-19-16/h2-10,13H,11-12H2,1H3. The molecule has 0 saturated carbocycles. The van der Waals surface area contributed by atoms with Crippen molar-refractivity contribution in [2.24, 2.45) is 0 Å². The van der Waals surface area contributed by atoms with E-state index in [2.05, 4.69) is 9.97 Å². The zero-order valence-corrected chi connectivity index (χ0v) is 14.5. The Kier molecular flexibility index (Phi) is 5.71. The van der Waals surface area contributed by atoms with Crippen LogP contribution < -0.4 is 9.64 Å². The zero-order valence-electron chi connectivity index (χ0n) is 13.7. The van der Waals surface area contributed by atoms with Gasteiger partial charge in [0.15, 0.2) is 5.13 Å². The Morgan fingerprint density at radius 1 is 1.08 bits per heavy atom. The summed E-state index contributed by atoms with van der Waals surface area (Å²) in [7, 11) is 1.60. The number of hydrogen-bond acceptors (Lipinski definition) is 6. The SMILES string of the molecule is COCCOc1ccccc1C(=O)N(c1ccccn1)c1nccs1. The number of anilines is 2. The fourth-order valence-electron chi connectivity index (χ4n) is 2.23. The van der Waals surface area contributed by atoms with Crippen LogP contribution in [0.3, 0.4) is 0 Å². The van der Waals surface area contributed by atoms with Crippen LogP contribution in [0.2, 0.25) is 0 Å². The van der Waals surface area contributed by atoms with Gasteiger partial charge in [-0.15, -0.1) is 11.3 Å². The molecule has 0 radical (unpaired) electrons. The Morgan fingerprint density at radius 2 is 1.92 bits per heavy atom. The van der Waals surface area contributed by atoms with Gasteiger partial charge in [-0.2, -0.15) is 0 Å². The van der Waals surface area contributed by atoms with Gasteiger partial charge in [-0.25, -0.2) is 14.9 Å². The van der Waals surface area contributed by atoms with Gasteiger partial charge in [-0.05, 0) is 24.3 Å². The molecular formula is C18H17N3O3S. The second-order valence-corrected chi connectivity index (χ2v) is 5.85. The predicted molar refractivity (Wildman–Crippen MR) is 96.6 cm³/mol. The van der Waals surface area contributed by atoms with Crippen molar-refractivity contribution in [3.8, 4) is 5.75 Å². The molecule has 0 atom stereocenters. The van der Waals surface area contributed by atoms with Gasteiger partial charge < -0.3 is 9.47 Å². The monoisotopic (exact) mass is 355 g/mol. The van der Waals surface area contributed by atoms with Crippen molar-refractivity contribution in [3.05, 3.63) is 65.8 Å². The highest BCUT2D eigenvalue weighted by atomic mass is 32.1. The third-order valence-corrected chi connectivity index (χ3v) is 4.11. The maximum Gasteiger partial charge on any atom is 0.269 e. The first-order valence-electron chi connectivity index (χ1n) is 7.67. The number of carbonyl (C=O) groups excluding carboxylic acids is 1. The molecular weight excluding hydrogens is 338 g/mol. The van der Waals surface area contributed by atoms with E-state index in [4.69, 9.17) is 9.47 Å². The summed E-state index contributed by atoms with van der Waals surface area (Å²) >= 11 is 1.37. The number of ether oxygens (including phenoxy) is 2. The summed E-state index contributed by atoms with van der Waals surface area (Å²) in [5.41, 5.74) is 0.444. The first-order chi connectivity index (χ1) is 12.3. The molecule has 0 aliphatic rings. The van der Waals surface area contributed by atoms with Crippen molar-refractivity contribution in [1.82, 2.24) is 9.97 Å². The van der Waals surface area contributed by atoms with Gasteiger partial charge in [-0.1, -0.05) is 18.2 Å². The van der Waals surface area contributed by atoms with E-state index in [0.29, 0.717) is 35.5 Å². The summed E-state index contributed by atoms with van der Waals surface area (Å²) in [6.07, 6.45) is 3.30. The highest BCUT2D eigenvalue weighted by Crippen LogP contribution is 2.30. The normalized spacial score (nSPS) is 10.4. The largest absolute Gasteiger partial charge is 0.490 e. The molecule has 0 N–H and O–H groups in total. The van der Waals surface area contributed by atoms with E-state index in [1.165, 1.54) is 16.2 Å². The fraction of sp³-hybridized carbons (Fsp3) is 0.167. The van der Waals surface area contributed by atoms with Crippen LogP contribution in [0.5, 0.6) is 5.75 Å². The number of rotatable bonds is 7. The van der Waals surface area contributed by atoms with Crippen molar-refractivity contribution in [2.45, 2.75) is 0 Å². The Morgan fingerprint density at radius 3 is 2.64 bits per heavy atom. The predicted octanol–water partition coefficient (Wildman–Crippen LogP) is 3.54. The molecule has 128 valence electrons. The van der Waals surface area contributed by atoms with Gasteiger partial charge >= 0.3 is 0 Å². The van der Waals surface area contributed by atoms with E-state index in [9.17, 15) is 4.79 Å². The number of thiazole rings is 1. The molecule has 2 aromatic heterocycles. The zero-order chi connectivity index (χ0) is 17.5. The van der Waals surface area contributed by atoms with Crippen molar-refractivity contribution in [3.63, 3.8) is 0 Å². The Labute approximate surface area is 149 Å². The minimum atomic E-state index is -0.248. The molecule has 0 spiro atoms. The van der Waals surface area contributed by atoms with E-state index < -0.39 is 0 Å². The third kappa shape index (κ3) is 4.01. The summed E-state index contributed by atoms with van der Waals surface area (Å²) in [5.74, 6) is 0.762. The number of benzene rings is 1. The lowest BCUT2D eigenvalue weighted by Crippen LogP contribution is -2.27. The Bertz CT molecular complexity index is 809. The number of hydrogen-bond donors (Lipinski definition) is 0. The summed E-state index contributed by atoms with van der Waals surface area (Å²) in [4.78, 5) is 23.3. The van der Waals surface area contributed by atoms with Crippen LogP contribution in [-0.4, -0.2) is 36.2 Å². The number of amides is 1. The van der Waals surface area contributed by atoms with Crippen molar-refractivity contribution in [2.75, 3.05) is 25.2 Å². The second-order valence-electron chi connectivity index (χ2n) is 4.98. The molecule has 0 bridgehead atoms. The fourth-order valence-corrected chi connectivity index (χ4v) is 2.87. The van der Waals surface area contributed by atoms with Crippen molar-refractivity contribution in [1.29, 1.82) is 0 Å². The van der Waals surface area contributed by atoms with Crippen LogP contribution in [0.4, 0.5) is 10.9 Å². The van der Waals surface area contributed by atoms with Gasteiger partial charge in [0.05, 0.1) is 12.2 Å². The molecule has 0 aliphatic carbocycles. The van der Waals surface area contributed by atoms with Gasteiger partial charge in [0.25, 0.3) is 5.91 Å². The second kappa shape index (κ2) is 8.36. The highest BCUT2D eigenvalue weighted by Gasteiger charge is 2.25. The number of para-hydroxylation sites is 1. The van der Waals surface area contributed by atoms with Gasteiger partial charge in [-0.3, -0.25) is 4.79 Å². The molecule has 3 aromatic rings. The van der Waals surface area contributed by atoms with Crippen LogP contribution in [0.1, 0.15) is 10.4 Å². The molecule has 6 nitrogen and oxygen atoms in total. The maximum absolute atomic E-state index is 13.2. The molecule has 0 saturated heterocycles. The Hall–Kier alpha value is -2.77. The van der Waals surface area contributed by atoms with Gasteiger partial charge in [0.1, 0.15) is 18.2 Å². The number of carbonyl (C=O) groups is 1. The van der Waals surface area contributed by atoms with Crippen LogP contribution in [0, 0.1) is 0 Å². The molecule has 0 aliphatic heterocycles. The van der Waals surface area contributed by atoms with E-state index in [-0.39, 0.29) is 5.91 Å². The smallest absolute Gasteiger partial charge is 0.269 e. The Balaban J connectivity index is 1.96. The summed E-state index contributed by atoms with van der Waals surface area (Å²) in [6.45, 7) is 0.806. The molecule has 1 amide bonds. The van der Waals surface area contributed by atoms with Crippen LogP contribution in [-0.2, 0) is 4.74 Å². The lowest BCUT2D eigenvalue weighted by atomic mass is 10.1. The van der Waals surface area contributed by atoms with E-state index in [1.807, 2.05) is 17.5 Å². The number of aromatic nitrogens is 2. The topological polar surface area (TPSA) is 64.6 Å². The lowest BCUT2D eigenvalue weighted by molar-refractivity contribution is 0.0990. The molecule has 2 heterocycles. The number of nitrogens with zero attached hydrogens (tertiary/aromatic N) is 3. The van der Waals surface area contributed by atoms with Crippen LogP contribution in [0.25, 0.3) is 0 Å². The summed E-state index contributed by atoms with van der Waals surface area (Å²) in [6, 6.07) is 12.5. The first kappa shape index (κ1) is 17.1. The summed E-state index contributed by atoms with van der Waals surface area (Å²) in [5, 5.41) is 2.37. The maximum atomic E-state index is 13.2. The highest BCUT2D eigenvalue weighted by molar-refractivity contribution is 7.13. The molecule has 7 heteroatoms. The molecule has 1 aromatic carbocycles. The van der Waals surface area contributed by atoms with Gasteiger partial charge in [0.2, 0.25) is 0 Å². The summed E-state index contributed by atoms with van der Waals surface area (Å²) < 4.78 is 10.7. The average molecular weight is 355 g/mol. The molecule has 3 rings (SSSR count). The third-order valence-electron chi connectivity index (χ3n) is 3.35. The van der Waals surface area contributed by atoms with E-state index in [1.54, 1.807) is 49.8 Å². The molecule has 0 unspecified atom stereocenters. The quantitative estimate of drug-likeness (QED) is 0.607. The van der Waals surface area contributed by atoms with Crippen LogP contribution >= 0.6 is 11.3 Å². The number of pyridine rings is 1. The first-order valence-corrected chi connectivity index (χ1v) is 8.55. The van der Waals surface area contributed by atoms with Crippen molar-refractivity contribution < 1.29 is 14.3 Å². The minimum absolute atomic E-state index is 0.248. The number of methoxy groups -OCH3 is 1. The van der Waals surface area contributed by atoms with E-state index >= 15 is 0 Å². The molecule has 25 heavy (non-hydrogen) atoms. The van der Waals surface area contributed by atoms with Gasteiger partial charge in [0, 0.05) is 24.9 Å².